The molecule has 1 aromatic carbocycles. The fourth-order valence-corrected chi connectivity index (χ4v) is 3.05. The zero-order valence-corrected chi connectivity index (χ0v) is 12.8. The molecule has 1 aliphatic rings. The molecule has 0 bridgehead atoms. The second kappa shape index (κ2) is 5.57. The molecule has 3 nitrogen and oxygen atoms in total. The van der Waals surface area contributed by atoms with Crippen LogP contribution in [0.25, 0.3) is 0 Å². The highest BCUT2D eigenvalue weighted by Gasteiger charge is 2.32. The van der Waals surface area contributed by atoms with Gasteiger partial charge in [-0.2, -0.15) is 0 Å². The lowest BCUT2D eigenvalue weighted by molar-refractivity contribution is -0.153. The fraction of sp³-hybridized carbons (Fsp3) is 0.588. The summed E-state index contributed by atoms with van der Waals surface area (Å²) in [5, 5.41) is 10.1. The third-order valence-corrected chi connectivity index (χ3v) is 4.13. The van der Waals surface area contributed by atoms with Crippen molar-refractivity contribution in [2.24, 2.45) is 5.41 Å². The van der Waals surface area contributed by atoms with Crippen molar-refractivity contribution in [2.75, 3.05) is 6.61 Å². The first-order valence-corrected chi connectivity index (χ1v) is 7.33. The van der Waals surface area contributed by atoms with E-state index in [0.717, 1.165) is 24.0 Å². The Bertz CT molecular complexity index is 517. The summed E-state index contributed by atoms with van der Waals surface area (Å²) in [6.45, 7) is 8.11. The Labute approximate surface area is 121 Å². The first-order valence-electron chi connectivity index (χ1n) is 7.33. The molecule has 0 fully saturated rings. The molecule has 1 N–H and O–H groups in total. The maximum Gasteiger partial charge on any atom is 0.311 e. The second-order valence-electron chi connectivity index (χ2n) is 6.27. The molecule has 3 heteroatoms. The molecule has 20 heavy (non-hydrogen) atoms. The number of esters is 1. The Morgan fingerprint density at radius 1 is 1.45 bits per heavy atom. The maximum atomic E-state index is 12.0. The van der Waals surface area contributed by atoms with Gasteiger partial charge in [0.25, 0.3) is 0 Å². The number of hydrogen-bond acceptors (Lipinski definition) is 3. The van der Waals surface area contributed by atoms with Gasteiger partial charge in [-0.05, 0) is 69.2 Å². The van der Waals surface area contributed by atoms with Crippen molar-refractivity contribution in [1.82, 2.24) is 0 Å². The zero-order chi connectivity index (χ0) is 14.9. The van der Waals surface area contributed by atoms with Gasteiger partial charge in [0, 0.05) is 0 Å². The van der Waals surface area contributed by atoms with Gasteiger partial charge in [0.05, 0.1) is 18.1 Å². The number of hydrogen-bond donors (Lipinski definition) is 1. The van der Waals surface area contributed by atoms with Crippen molar-refractivity contribution < 1.29 is 14.6 Å². The highest BCUT2D eigenvalue weighted by atomic mass is 16.5. The minimum absolute atomic E-state index is 0.159. The predicted octanol–water partition coefficient (Wildman–Crippen LogP) is 3.11. The topological polar surface area (TPSA) is 46.5 Å². The van der Waals surface area contributed by atoms with Gasteiger partial charge in [0.2, 0.25) is 0 Å². The number of aryl methyl sites for hydroxylation is 1. The lowest BCUT2D eigenvalue weighted by Gasteiger charge is -2.24. The van der Waals surface area contributed by atoms with Crippen LogP contribution >= 0.6 is 0 Å². The second-order valence-corrected chi connectivity index (χ2v) is 6.27. The minimum atomic E-state index is -0.535. The van der Waals surface area contributed by atoms with Crippen molar-refractivity contribution in [3.63, 3.8) is 0 Å². The van der Waals surface area contributed by atoms with E-state index in [1.54, 1.807) is 0 Å². The van der Waals surface area contributed by atoms with Crippen molar-refractivity contribution in [2.45, 2.75) is 53.1 Å². The number of carbonyl (C=O) groups is 1. The van der Waals surface area contributed by atoms with Crippen molar-refractivity contribution in [3.8, 4) is 0 Å². The molecule has 1 unspecified atom stereocenters. The van der Waals surface area contributed by atoms with E-state index in [4.69, 9.17) is 4.74 Å². The van der Waals surface area contributed by atoms with Crippen molar-refractivity contribution in [1.29, 1.82) is 0 Å². The van der Waals surface area contributed by atoms with Crippen molar-refractivity contribution >= 4 is 5.97 Å². The van der Waals surface area contributed by atoms with Gasteiger partial charge in [0.1, 0.15) is 0 Å². The van der Waals surface area contributed by atoms with Crippen LogP contribution < -0.4 is 0 Å². The zero-order valence-electron chi connectivity index (χ0n) is 12.8. The predicted molar refractivity (Wildman–Crippen MR) is 78.6 cm³/mol. The summed E-state index contributed by atoms with van der Waals surface area (Å²) in [5.41, 5.74) is 4.08. The van der Waals surface area contributed by atoms with Crippen LogP contribution in [0.4, 0.5) is 0 Å². The summed E-state index contributed by atoms with van der Waals surface area (Å²) in [7, 11) is 0. The van der Waals surface area contributed by atoms with Crippen LogP contribution in [-0.2, 0) is 22.4 Å². The fourth-order valence-electron chi connectivity index (χ4n) is 3.05. The summed E-state index contributed by atoms with van der Waals surface area (Å²) < 4.78 is 5.15. The summed E-state index contributed by atoms with van der Waals surface area (Å²) in [6, 6.07) is 4.14. The van der Waals surface area contributed by atoms with Crippen LogP contribution in [0.1, 0.15) is 55.5 Å². The highest BCUT2D eigenvalue weighted by Crippen LogP contribution is 2.38. The van der Waals surface area contributed by atoms with E-state index in [1.807, 2.05) is 33.8 Å². The Morgan fingerprint density at radius 3 is 2.80 bits per heavy atom. The van der Waals surface area contributed by atoms with Gasteiger partial charge in [-0.25, -0.2) is 0 Å². The molecule has 1 atom stereocenters. The van der Waals surface area contributed by atoms with E-state index in [0.29, 0.717) is 13.0 Å². The molecular weight excluding hydrogens is 252 g/mol. The molecule has 110 valence electrons. The van der Waals surface area contributed by atoms with Gasteiger partial charge in [-0.15, -0.1) is 0 Å². The van der Waals surface area contributed by atoms with E-state index in [2.05, 4.69) is 6.07 Å². The summed E-state index contributed by atoms with van der Waals surface area (Å²) in [4.78, 5) is 12.0. The third-order valence-electron chi connectivity index (χ3n) is 4.13. The van der Waals surface area contributed by atoms with Gasteiger partial charge in [-0.1, -0.05) is 12.1 Å². The Morgan fingerprint density at radius 2 is 2.15 bits per heavy atom. The van der Waals surface area contributed by atoms with E-state index in [1.165, 1.54) is 11.1 Å². The molecule has 0 heterocycles. The molecule has 2 rings (SSSR count). The largest absolute Gasteiger partial charge is 0.466 e. The quantitative estimate of drug-likeness (QED) is 0.860. The van der Waals surface area contributed by atoms with Crippen LogP contribution in [0.3, 0.4) is 0 Å². The molecule has 0 amide bonds. The first kappa shape index (κ1) is 15.0. The molecule has 1 aromatic rings. The Balaban J connectivity index is 2.30. The van der Waals surface area contributed by atoms with Crippen LogP contribution in [0.5, 0.6) is 0 Å². The standard InChI is InChI=1S/C17H24O3/c1-5-20-16(19)17(3,4)10-12-7-6-11(2)15-13(12)8-9-14(15)18/h6-7,14,18H,5,8-10H2,1-4H3. The molecular formula is C17H24O3. The Hall–Kier alpha value is -1.35. The molecule has 0 spiro atoms. The molecule has 0 aromatic heterocycles. The van der Waals surface area contributed by atoms with Crippen LogP contribution in [0.15, 0.2) is 12.1 Å². The number of aliphatic hydroxyl groups excluding tert-OH is 1. The monoisotopic (exact) mass is 276 g/mol. The van der Waals surface area contributed by atoms with E-state index >= 15 is 0 Å². The smallest absolute Gasteiger partial charge is 0.311 e. The van der Waals surface area contributed by atoms with Gasteiger partial charge >= 0.3 is 5.97 Å². The van der Waals surface area contributed by atoms with Crippen molar-refractivity contribution in [3.05, 3.63) is 34.4 Å². The minimum Gasteiger partial charge on any atom is -0.466 e. The van der Waals surface area contributed by atoms with E-state index < -0.39 is 5.41 Å². The average Bonchev–Trinajstić information content (AvgIpc) is 2.76. The number of carbonyl (C=O) groups excluding carboxylic acids is 1. The summed E-state index contributed by atoms with van der Waals surface area (Å²) in [5.74, 6) is -0.159. The SMILES string of the molecule is CCOC(=O)C(C)(C)Cc1ccc(C)c2c1CCC2O. The van der Waals surface area contributed by atoms with E-state index in [9.17, 15) is 9.90 Å². The number of ether oxygens (including phenoxy) is 1. The van der Waals surface area contributed by atoms with E-state index in [-0.39, 0.29) is 12.1 Å². The molecule has 0 saturated carbocycles. The van der Waals surface area contributed by atoms with Gasteiger partial charge < -0.3 is 9.84 Å². The number of rotatable bonds is 4. The molecule has 0 radical (unpaired) electrons. The number of fused-ring (bicyclic) bond motifs is 1. The van der Waals surface area contributed by atoms with Gasteiger partial charge in [-0.3, -0.25) is 4.79 Å². The highest BCUT2D eigenvalue weighted by molar-refractivity contribution is 5.76. The van der Waals surface area contributed by atoms with Crippen LogP contribution in [0.2, 0.25) is 0 Å². The normalized spacial score (nSPS) is 17.9. The molecule has 0 saturated heterocycles. The maximum absolute atomic E-state index is 12.0. The molecule has 1 aliphatic carbocycles. The third kappa shape index (κ3) is 2.73. The number of aliphatic hydroxyl groups is 1. The molecule has 0 aliphatic heterocycles. The first-order chi connectivity index (χ1) is 9.36. The average molecular weight is 276 g/mol. The van der Waals surface area contributed by atoms with Crippen LogP contribution in [-0.4, -0.2) is 17.7 Å². The Kier molecular flexibility index (Phi) is 4.19. The summed E-state index contributed by atoms with van der Waals surface area (Å²) in [6.07, 6.45) is 1.98. The summed E-state index contributed by atoms with van der Waals surface area (Å²) >= 11 is 0. The van der Waals surface area contributed by atoms with Crippen LogP contribution in [0, 0.1) is 12.3 Å². The van der Waals surface area contributed by atoms with Gasteiger partial charge in [0.15, 0.2) is 0 Å². The lowest BCUT2D eigenvalue weighted by Crippen LogP contribution is -2.29. The lowest BCUT2D eigenvalue weighted by atomic mass is 9.83. The number of benzene rings is 1.